The zero-order chi connectivity index (χ0) is 22.6. The Labute approximate surface area is 241 Å². The van der Waals surface area contributed by atoms with E-state index in [0.29, 0.717) is 0 Å². The molecule has 3 aromatic rings. The van der Waals surface area contributed by atoms with Crippen LogP contribution < -0.4 is 10.1 Å². The summed E-state index contributed by atoms with van der Waals surface area (Å²) in [5, 5.41) is 5.00. The van der Waals surface area contributed by atoms with E-state index in [2.05, 4.69) is 67.4 Å². The summed E-state index contributed by atoms with van der Waals surface area (Å²) in [4.78, 5) is 10.1. The van der Waals surface area contributed by atoms with Gasteiger partial charge >= 0.3 is 0 Å². The fraction of sp³-hybridized carbons (Fsp3) is 0.444. The minimum Gasteiger partial charge on any atom is -0.497 e. The van der Waals surface area contributed by atoms with E-state index >= 15 is 0 Å². The summed E-state index contributed by atoms with van der Waals surface area (Å²) in [5.74, 6) is 0.893. The summed E-state index contributed by atoms with van der Waals surface area (Å²) in [6.07, 6.45) is 4.69. The number of aryl methyl sites for hydroxylation is 1. The Morgan fingerprint density at radius 1 is 0.944 bits per heavy atom. The molecule has 1 aliphatic heterocycles. The van der Waals surface area contributed by atoms with E-state index in [9.17, 15) is 0 Å². The highest BCUT2D eigenvalue weighted by molar-refractivity contribution is 9.10. The Morgan fingerprint density at radius 3 is 2.42 bits per heavy atom. The van der Waals surface area contributed by atoms with Crippen molar-refractivity contribution < 1.29 is 4.74 Å². The fourth-order valence-corrected chi connectivity index (χ4v) is 5.52. The third-order valence-corrected chi connectivity index (χ3v) is 7.79. The molecule has 198 valence electrons. The van der Waals surface area contributed by atoms with Crippen LogP contribution in [0.25, 0.3) is 10.9 Å². The van der Waals surface area contributed by atoms with Crippen LogP contribution in [0, 0.1) is 0 Å². The van der Waals surface area contributed by atoms with Gasteiger partial charge in [-0.2, -0.15) is 0 Å². The minimum absolute atomic E-state index is 0. The number of pyridine rings is 1. The first kappa shape index (κ1) is 30.9. The highest BCUT2D eigenvalue weighted by Gasteiger charge is 2.20. The molecule has 5 nitrogen and oxygen atoms in total. The summed E-state index contributed by atoms with van der Waals surface area (Å²) in [7, 11) is 1.73. The summed E-state index contributed by atoms with van der Waals surface area (Å²) in [5.41, 5.74) is 6.42. The molecule has 9 heteroatoms. The van der Waals surface area contributed by atoms with E-state index < -0.39 is 0 Å². The van der Waals surface area contributed by atoms with Gasteiger partial charge in [0.25, 0.3) is 0 Å². The smallest absolute Gasteiger partial charge is 0.119 e. The molecule has 0 spiro atoms. The first-order chi connectivity index (χ1) is 16.2. The molecule has 5 rings (SSSR count). The molecule has 2 heterocycles. The highest BCUT2D eigenvalue weighted by Crippen LogP contribution is 2.35. The number of hydrogen-bond donors (Lipinski definition) is 1. The topological polar surface area (TPSA) is 40.6 Å². The van der Waals surface area contributed by atoms with E-state index in [1.807, 2.05) is 6.07 Å². The van der Waals surface area contributed by atoms with Gasteiger partial charge in [-0.1, -0.05) is 34.1 Å². The van der Waals surface area contributed by atoms with Crippen molar-refractivity contribution in [1.82, 2.24) is 14.8 Å². The van der Waals surface area contributed by atoms with Gasteiger partial charge in [0.05, 0.1) is 12.6 Å². The van der Waals surface area contributed by atoms with Gasteiger partial charge in [0, 0.05) is 67.1 Å². The molecule has 0 bridgehead atoms. The second-order valence-corrected chi connectivity index (χ2v) is 9.99. The second kappa shape index (κ2) is 14.6. The number of ether oxygens (including phenoxy) is 1. The first-order valence-corrected chi connectivity index (χ1v) is 12.9. The van der Waals surface area contributed by atoms with Gasteiger partial charge in [-0.3, -0.25) is 14.8 Å². The van der Waals surface area contributed by atoms with Crippen LogP contribution in [-0.4, -0.2) is 61.2 Å². The lowest BCUT2D eigenvalue weighted by Crippen LogP contribution is -2.47. The predicted octanol–water partition coefficient (Wildman–Crippen LogP) is 6.38. The van der Waals surface area contributed by atoms with Crippen LogP contribution in [0.4, 0.5) is 5.69 Å². The molecule has 36 heavy (non-hydrogen) atoms. The molecular weight excluding hydrogens is 583 g/mol. The average Bonchev–Trinajstić information content (AvgIpc) is 2.85. The minimum atomic E-state index is 0. The molecule has 1 fully saturated rings. The highest BCUT2D eigenvalue weighted by atomic mass is 79.9. The predicted molar refractivity (Wildman–Crippen MR) is 161 cm³/mol. The molecule has 1 aromatic heterocycles. The Balaban J connectivity index is 0.00000152. The van der Waals surface area contributed by atoms with E-state index in [0.717, 1.165) is 69.9 Å². The second-order valence-electron chi connectivity index (χ2n) is 9.14. The molecule has 0 radical (unpaired) electrons. The van der Waals surface area contributed by atoms with Crippen LogP contribution in [0.15, 0.2) is 46.9 Å². The van der Waals surface area contributed by atoms with Gasteiger partial charge in [0.15, 0.2) is 0 Å². The van der Waals surface area contributed by atoms with Gasteiger partial charge < -0.3 is 10.1 Å². The number of anilines is 1. The van der Waals surface area contributed by atoms with E-state index in [1.54, 1.807) is 7.11 Å². The zero-order valence-electron chi connectivity index (χ0n) is 20.7. The van der Waals surface area contributed by atoms with Crippen molar-refractivity contribution in [3.8, 4) is 5.75 Å². The molecule has 0 amide bonds. The van der Waals surface area contributed by atoms with Crippen LogP contribution in [0.2, 0.25) is 0 Å². The average molecular weight is 619 g/mol. The van der Waals surface area contributed by atoms with Crippen molar-refractivity contribution >= 4 is 69.7 Å². The molecular formula is C27H36BrCl3N4O. The molecule has 0 atom stereocenters. The molecule has 1 saturated heterocycles. The third kappa shape index (κ3) is 7.18. The van der Waals surface area contributed by atoms with Crippen molar-refractivity contribution in [1.29, 1.82) is 0 Å². The van der Waals surface area contributed by atoms with Crippen molar-refractivity contribution in [3.63, 3.8) is 0 Å². The summed E-state index contributed by atoms with van der Waals surface area (Å²) < 4.78 is 6.72. The van der Waals surface area contributed by atoms with Crippen LogP contribution in [0.5, 0.6) is 5.75 Å². The molecule has 1 aliphatic carbocycles. The van der Waals surface area contributed by atoms with Gasteiger partial charge in [0.1, 0.15) is 5.75 Å². The maximum atomic E-state index is 5.51. The fourth-order valence-electron chi connectivity index (χ4n) is 5.11. The lowest BCUT2D eigenvalue weighted by molar-refractivity contribution is 0.130. The lowest BCUT2D eigenvalue weighted by Gasteiger charge is -2.35. The van der Waals surface area contributed by atoms with Crippen LogP contribution in [0.1, 0.15) is 29.7 Å². The quantitative estimate of drug-likeness (QED) is 0.333. The van der Waals surface area contributed by atoms with Crippen LogP contribution >= 0.6 is 53.2 Å². The van der Waals surface area contributed by atoms with Gasteiger partial charge in [-0.15, -0.1) is 37.2 Å². The molecule has 1 N–H and O–H groups in total. The Bertz CT molecular complexity index is 1130. The maximum Gasteiger partial charge on any atom is 0.119 e. The van der Waals surface area contributed by atoms with Crippen molar-refractivity contribution in [2.24, 2.45) is 0 Å². The third-order valence-electron chi connectivity index (χ3n) is 7.02. The number of fused-ring (bicyclic) bond motifs is 2. The van der Waals surface area contributed by atoms with Crippen molar-refractivity contribution in [2.45, 2.75) is 32.2 Å². The van der Waals surface area contributed by atoms with E-state index in [1.165, 1.54) is 45.2 Å². The number of benzene rings is 2. The standard InChI is InChI=1S/C27H33BrN4O.3ClH/c1-33-21-10-11-26-23(18-21)27(22-7-3-5-9-25(22)30-26)29-12-13-31-14-16-32(17-15-31)19-20-6-2-4-8-24(20)28;;;/h2,4,6,8,10-11,18H,3,5,7,9,12-17,19H2,1H3,(H,29,30);3*1H. The number of piperazine rings is 1. The first-order valence-electron chi connectivity index (χ1n) is 12.1. The summed E-state index contributed by atoms with van der Waals surface area (Å²) in [6, 6.07) is 14.8. The number of aromatic nitrogens is 1. The van der Waals surface area contributed by atoms with Gasteiger partial charge in [-0.05, 0) is 61.1 Å². The maximum absolute atomic E-state index is 5.51. The van der Waals surface area contributed by atoms with Crippen LogP contribution in [0.3, 0.4) is 0 Å². The van der Waals surface area contributed by atoms with Crippen molar-refractivity contribution in [2.75, 3.05) is 51.7 Å². The van der Waals surface area contributed by atoms with E-state index in [-0.39, 0.29) is 37.2 Å². The SMILES string of the molecule is COc1ccc2nc3c(c(NCCN4CCN(Cc5ccccc5Br)CC4)c2c1)CCCC3.Cl.Cl.Cl. The Hall–Kier alpha value is -1.28. The largest absolute Gasteiger partial charge is 0.497 e. The molecule has 0 unspecified atom stereocenters. The number of methoxy groups -OCH3 is 1. The van der Waals surface area contributed by atoms with Crippen molar-refractivity contribution in [3.05, 3.63) is 63.8 Å². The lowest BCUT2D eigenvalue weighted by atomic mass is 9.92. The van der Waals surface area contributed by atoms with Gasteiger partial charge in [-0.25, -0.2) is 0 Å². The number of nitrogens with one attached hydrogen (secondary N) is 1. The monoisotopic (exact) mass is 616 g/mol. The number of rotatable bonds is 7. The summed E-state index contributed by atoms with van der Waals surface area (Å²) in [6.45, 7) is 7.51. The number of hydrogen-bond acceptors (Lipinski definition) is 5. The molecule has 0 saturated carbocycles. The normalized spacial score (nSPS) is 15.7. The Kier molecular flexibility index (Phi) is 12.6. The molecule has 2 aromatic carbocycles. The van der Waals surface area contributed by atoms with E-state index in [4.69, 9.17) is 9.72 Å². The van der Waals surface area contributed by atoms with Gasteiger partial charge in [0.2, 0.25) is 0 Å². The molecule has 2 aliphatic rings. The van der Waals surface area contributed by atoms with Crippen LogP contribution in [-0.2, 0) is 19.4 Å². The number of nitrogens with zero attached hydrogens (tertiary/aromatic N) is 3. The Morgan fingerprint density at radius 2 is 1.67 bits per heavy atom. The zero-order valence-corrected chi connectivity index (χ0v) is 24.7. The number of halogens is 4. The summed E-state index contributed by atoms with van der Waals surface area (Å²) >= 11 is 3.69.